The summed E-state index contributed by atoms with van der Waals surface area (Å²) in [5.74, 6) is 5.61. The lowest BCUT2D eigenvalue weighted by Gasteiger charge is -2.24. The van der Waals surface area contributed by atoms with Crippen molar-refractivity contribution < 1.29 is 4.74 Å². The number of hydrogen-bond acceptors (Lipinski definition) is 3. The van der Waals surface area contributed by atoms with Gasteiger partial charge in [-0.05, 0) is 30.5 Å². The number of nitrogens with two attached hydrogens (primary N) is 1. The van der Waals surface area contributed by atoms with E-state index in [1.165, 1.54) is 0 Å². The topological polar surface area (TPSA) is 47.3 Å². The third-order valence-corrected chi connectivity index (χ3v) is 3.45. The molecule has 0 spiro atoms. The number of rotatable bonds is 3. The van der Waals surface area contributed by atoms with Crippen LogP contribution in [0.2, 0.25) is 10.0 Å². The van der Waals surface area contributed by atoms with Crippen LogP contribution in [0.5, 0.6) is 0 Å². The summed E-state index contributed by atoms with van der Waals surface area (Å²) < 4.78 is 5.32. The first-order chi connectivity index (χ1) is 8.24. The highest BCUT2D eigenvalue weighted by atomic mass is 35.5. The lowest BCUT2D eigenvalue weighted by Crippen LogP contribution is -2.30. The van der Waals surface area contributed by atoms with Crippen LogP contribution in [0.15, 0.2) is 30.0 Å². The number of nitrogens with one attached hydrogen (secondary N) is 1. The number of benzene rings is 1. The van der Waals surface area contributed by atoms with E-state index in [1.54, 1.807) is 18.4 Å². The van der Waals surface area contributed by atoms with Gasteiger partial charge >= 0.3 is 0 Å². The molecule has 1 atom stereocenters. The van der Waals surface area contributed by atoms with Crippen LogP contribution in [-0.2, 0) is 4.74 Å². The molecule has 0 radical (unpaired) electrons. The van der Waals surface area contributed by atoms with Crippen molar-refractivity contribution in [1.82, 2.24) is 5.43 Å². The Labute approximate surface area is 111 Å². The molecule has 0 fully saturated rings. The van der Waals surface area contributed by atoms with Gasteiger partial charge in [0.2, 0.25) is 0 Å². The average Bonchev–Trinajstić information content (AvgIpc) is 2.35. The van der Waals surface area contributed by atoms with Crippen LogP contribution in [0.3, 0.4) is 0 Å². The molecule has 0 saturated heterocycles. The Morgan fingerprint density at radius 2 is 2.00 bits per heavy atom. The van der Waals surface area contributed by atoms with Crippen molar-refractivity contribution in [3.8, 4) is 0 Å². The number of halogens is 2. The molecular weight excluding hydrogens is 259 g/mol. The van der Waals surface area contributed by atoms with E-state index >= 15 is 0 Å². The maximum Gasteiger partial charge on any atom is 0.0876 e. The molecule has 1 heterocycles. The molecule has 0 aromatic heterocycles. The second kappa shape index (κ2) is 5.74. The summed E-state index contributed by atoms with van der Waals surface area (Å²) in [6.07, 6.45) is 3.65. The summed E-state index contributed by atoms with van der Waals surface area (Å²) in [5.41, 5.74) is 4.62. The van der Waals surface area contributed by atoms with Crippen LogP contribution in [0, 0.1) is 0 Å². The van der Waals surface area contributed by atoms with Gasteiger partial charge in [0.15, 0.2) is 0 Å². The van der Waals surface area contributed by atoms with Crippen molar-refractivity contribution in [2.45, 2.75) is 18.9 Å². The molecule has 0 amide bonds. The molecule has 3 N–H and O–H groups in total. The highest BCUT2D eigenvalue weighted by Crippen LogP contribution is 2.35. The SMILES string of the molecule is NNC(C1=COCCC1)c1c(Cl)cccc1Cl. The largest absolute Gasteiger partial charge is 0.501 e. The number of hydrazine groups is 1. The molecule has 0 bridgehead atoms. The van der Waals surface area contributed by atoms with Crippen LogP contribution in [-0.4, -0.2) is 6.61 Å². The fourth-order valence-electron chi connectivity index (χ4n) is 1.96. The van der Waals surface area contributed by atoms with Gasteiger partial charge in [-0.1, -0.05) is 29.3 Å². The van der Waals surface area contributed by atoms with E-state index in [1.807, 2.05) is 6.07 Å². The molecule has 0 saturated carbocycles. The van der Waals surface area contributed by atoms with Gasteiger partial charge in [0.05, 0.1) is 18.9 Å². The summed E-state index contributed by atoms with van der Waals surface area (Å²) in [6.45, 7) is 0.747. The van der Waals surface area contributed by atoms with Crippen LogP contribution >= 0.6 is 23.2 Å². The molecule has 3 nitrogen and oxygen atoms in total. The van der Waals surface area contributed by atoms with Crippen molar-refractivity contribution in [2.24, 2.45) is 5.84 Å². The van der Waals surface area contributed by atoms with Gasteiger partial charge in [-0.15, -0.1) is 0 Å². The monoisotopic (exact) mass is 272 g/mol. The lowest BCUT2D eigenvalue weighted by molar-refractivity contribution is 0.219. The zero-order valence-electron chi connectivity index (χ0n) is 9.25. The molecule has 17 heavy (non-hydrogen) atoms. The van der Waals surface area contributed by atoms with Crippen molar-refractivity contribution in [3.63, 3.8) is 0 Å². The highest BCUT2D eigenvalue weighted by Gasteiger charge is 2.22. The molecule has 1 aliphatic rings. The van der Waals surface area contributed by atoms with Gasteiger partial charge in [-0.25, -0.2) is 5.43 Å². The van der Waals surface area contributed by atoms with Gasteiger partial charge in [0.1, 0.15) is 0 Å². The standard InChI is InChI=1S/C12H14Cl2N2O/c13-9-4-1-5-10(14)11(9)12(16-15)8-3-2-6-17-7-8/h1,4-5,7,12,16H,2-3,6,15H2. The molecule has 1 unspecified atom stereocenters. The molecule has 92 valence electrons. The summed E-state index contributed by atoms with van der Waals surface area (Å²) in [7, 11) is 0. The molecule has 1 aliphatic heterocycles. The predicted octanol–water partition coefficient (Wildman–Crippen LogP) is 3.19. The van der Waals surface area contributed by atoms with Crippen LogP contribution in [0.25, 0.3) is 0 Å². The van der Waals surface area contributed by atoms with Crippen molar-refractivity contribution in [3.05, 3.63) is 45.6 Å². The second-order valence-electron chi connectivity index (χ2n) is 3.90. The summed E-state index contributed by atoms with van der Waals surface area (Å²) in [4.78, 5) is 0. The fourth-order valence-corrected chi connectivity index (χ4v) is 2.57. The van der Waals surface area contributed by atoms with E-state index in [0.717, 1.165) is 30.6 Å². The Hall–Kier alpha value is -0.740. The van der Waals surface area contributed by atoms with E-state index in [0.29, 0.717) is 10.0 Å². The van der Waals surface area contributed by atoms with Crippen LogP contribution in [0.1, 0.15) is 24.4 Å². The Kier molecular flexibility index (Phi) is 4.29. The van der Waals surface area contributed by atoms with Crippen LogP contribution in [0.4, 0.5) is 0 Å². The minimum absolute atomic E-state index is 0.198. The third kappa shape index (κ3) is 2.75. The summed E-state index contributed by atoms with van der Waals surface area (Å²) in [5, 5.41) is 1.21. The molecule has 5 heteroatoms. The van der Waals surface area contributed by atoms with Crippen molar-refractivity contribution in [2.75, 3.05) is 6.61 Å². The molecule has 0 aliphatic carbocycles. The number of ether oxygens (including phenoxy) is 1. The van der Waals surface area contributed by atoms with Gasteiger partial charge in [-0.2, -0.15) is 0 Å². The van der Waals surface area contributed by atoms with Crippen molar-refractivity contribution >= 4 is 23.2 Å². The quantitative estimate of drug-likeness (QED) is 0.656. The Morgan fingerprint density at radius 3 is 2.53 bits per heavy atom. The number of hydrogen-bond donors (Lipinski definition) is 2. The maximum absolute atomic E-state index is 6.17. The van der Waals surface area contributed by atoms with Crippen LogP contribution < -0.4 is 11.3 Å². The second-order valence-corrected chi connectivity index (χ2v) is 4.72. The third-order valence-electron chi connectivity index (χ3n) is 2.79. The Bertz CT molecular complexity index is 414. The van der Waals surface area contributed by atoms with Gasteiger partial charge in [0, 0.05) is 15.6 Å². The van der Waals surface area contributed by atoms with E-state index in [-0.39, 0.29) is 6.04 Å². The summed E-state index contributed by atoms with van der Waals surface area (Å²) in [6, 6.07) is 5.22. The van der Waals surface area contributed by atoms with E-state index in [9.17, 15) is 0 Å². The zero-order chi connectivity index (χ0) is 12.3. The molecule has 2 rings (SSSR count). The Balaban J connectivity index is 2.38. The van der Waals surface area contributed by atoms with Gasteiger partial charge in [0.25, 0.3) is 0 Å². The van der Waals surface area contributed by atoms with E-state index < -0.39 is 0 Å². The summed E-state index contributed by atoms with van der Waals surface area (Å²) >= 11 is 12.3. The molecule has 1 aromatic carbocycles. The molecule has 1 aromatic rings. The predicted molar refractivity (Wildman–Crippen MR) is 69.8 cm³/mol. The van der Waals surface area contributed by atoms with Crippen molar-refractivity contribution in [1.29, 1.82) is 0 Å². The zero-order valence-corrected chi connectivity index (χ0v) is 10.8. The van der Waals surface area contributed by atoms with E-state index in [4.69, 9.17) is 33.8 Å². The normalized spacial score (nSPS) is 17.2. The van der Waals surface area contributed by atoms with Gasteiger partial charge in [-0.3, -0.25) is 5.84 Å². The minimum Gasteiger partial charge on any atom is -0.501 e. The average molecular weight is 273 g/mol. The smallest absolute Gasteiger partial charge is 0.0876 e. The van der Waals surface area contributed by atoms with E-state index in [2.05, 4.69) is 5.43 Å². The fraction of sp³-hybridized carbons (Fsp3) is 0.333. The van der Waals surface area contributed by atoms with Gasteiger partial charge < -0.3 is 4.74 Å². The highest BCUT2D eigenvalue weighted by molar-refractivity contribution is 6.36. The molecular formula is C12H14Cl2N2O. The first-order valence-electron chi connectivity index (χ1n) is 5.44. The lowest BCUT2D eigenvalue weighted by atomic mass is 9.96. The Morgan fingerprint density at radius 1 is 1.29 bits per heavy atom. The first kappa shape index (κ1) is 12.7. The minimum atomic E-state index is -0.198. The maximum atomic E-state index is 6.17. The first-order valence-corrected chi connectivity index (χ1v) is 6.20.